The number of benzene rings is 1. The van der Waals surface area contributed by atoms with E-state index < -0.39 is 0 Å². The molecule has 1 aliphatic rings. The van der Waals surface area contributed by atoms with E-state index in [1.54, 1.807) is 6.07 Å². The SMILES string of the molecule is Fc1cccc(Br)c1NC1CCCOCC1. The number of nitrogens with one attached hydrogen (secondary N) is 1. The van der Waals surface area contributed by atoms with E-state index >= 15 is 0 Å². The fraction of sp³-hybridized carbons (Fsp3) is 0.500. The van der Waals surface area contributed by atoms with Gasteiger partial charge in [0, 0.05) is 23.7 Å². The second kappa shape index (κ2) is 5.64. The van der Waals surface area contributed by atoms with Crippen LogP contribution in [0.15, 0.2) is 22.7 Å². The molecule has 1 aromatic rings. The minimum absolute atomic E-state index is 0.209. The van der Waals surface area contributed by atoms with Crippen LogP contribution in [0.3, 0.4) is 0 Å². The molecule has 2 nitrogen and oxygen atoms in total. The number of hydrogen-bond acceptors (Lipinski definition) is 2. The van der Waals surface area contributed by atoms with Crippen molar-refractivity contribution in [2.45, 2.75) is 25.3 Å². The van der Waals surface area contributed by atoms with Crippen molar-refractivity contribution in [3.63, 3.8) is 0 Å². The zero-order valence-electron chi connectivity index (χ0n) is 9.01. The van der Waals surface area contributed by atoms with E-state index in [9.17, 15) is 4.39 Å². The Balaban J connectivity index is 2.07. The smallest absolute Gasteiger partial charge is 0.147 e. The van der Waals surface area contributed by atoms with Crippen molar-refractivity contribution in [3.05, 3.63) is 28.5 Å². The maximum atomic E-state index is 13.6. The zero-order valence-corrected chi connectivity index (χ0v) is 10.6. The average molecular weight is 288 g/mol. The summed E-state index contributed by atoms with van der Waals surface area (Å²) in [6.07, 6.45) is 2.99. The number of anilines is 1. The van der Waals surface area contributed by atoms with Crippen LogP contribution in [-0.2, 0) is 4.74 Å². The first-order valence-electron chi connectivity index (χ1n) is 5.55. The molecule has 88 valence electrons. The van der Waals surface area contributed by atoms with Gasteiger partial charge in [0.2, 0.25) is 0 Å². The maximum Gasteiger partial charge on any atom is 0.147 e. The molecule has 0 aliphatic carbocycles. The summed E-state index contributed by atoms with van der Waals surface area (Å²) >= 11 is 3.36. The van der Waals surface area contributed by atoms with Crippen molar-refractivity contribution in [1.29, 1.82) is 0 Å². The largest absolute Gasteiger partial charge is 0.381 e. The Labute approximate surface area is 103 Å². The highest BCUT2D eigenvalue weighted by molar-refractivity contribution is 9.10. The van der Waals surface area contributed by atoms with Gasteiger partial charge >= 0.3 is 0 Å². The standard InChI is InChI=1S/C12H15BrFNO/c13-10-4-1-5-11(14)12(10)15-9-3-2-7-16-8-6-9/h1,4-5,9,15H,2-3,6-8H2. The molecule has 1 heterocycles. The Morgan fingerprint density at radius 3 is 3.00 bits per heavy atom. The van der Waals surface area contributed by atoms with Gasteiger partial charge in [-0.2, -0.15) is 0 Å². The highest BCUT2D eigenvalue weighted by Gasteiger charge is 2.15. The van der Waals surface area contributed by atoms with E-state index in [2.05, 4.69) is 21.2 Å². The highest BCUT2D eigenvalue weighted by atomic mass is 79.9. The molecule has 1 unspecified atom stereocenters. The van der Waals surface area contributed by atoms with Gasteiger partial charge in [-0.05, 0) is 47.3 Å². The molecule has 0 saturated carbocycles. The van der Waals surface area contributed by atoms with Gasteiger partial charge in [-0.15, -0.1) is 0 Å². The Bertz CT molecular complexity index is 331. The molecule has 1 saturated heterocycles. The molecule has 0 radical (unpaired) electrons. The van der Waals surface area contributed by atoms with Crippen LogP contribution in [0.4, 0.5) is 10.1 Å². The minimum Gasteiger partial charge on any atom is -0.381 e. The lowest BCUT2D eigenvalue weighted by molar-refractivity contribution is 0.144. The molecule has 16 heavy (non-hydrogen) atoms. The average Bonchev–Trinajstić information content (AvgIpc) is 2.52. The maximum absolute atomic E-state index is 13.6. The molecule has 1 atom stereocenters. The van der Waals surface area contributed by atoms with Crippen LogP contribution in [-0.4, -0.2) is 19.3 Å². The fourth-order valence-corrected chi connectivity index (χ4v) is 2.34. The van der Waals surface area contributed by atoms with Gasteiger partial charge in [0.25, 0.3) is 0 Å². The topological polar surface area (TPSA) is 21.3 Å². The molecule has 1 aromatic carbocycles. The molecule has 2 rings (SSSR count). The van der Waals surface area contributed by atoms with Gasteiger partial charge in [-0.3, -0.25) is 0 Å². The summed E-state index contributed by atoms with van der Waals surface area (Å²) in [4.78, 5) is 0. The number of hydrogen-bond donors (Lipinski definition) is 1. The minimum atomic E-state index is -0.209. The lowest BCUT2D eigenvalue weighted by Gasteiger charge is -2.18. The molecular weight excluding hydrogens is 273 g/mol. The Kier molecular flexibility index (Phi) is 4.18. The monoisotopic (exact) mass is 287 g/mol. The van der Waals surface area contributed by atoms with Gasteiger partial charge in [0.05, 0.1) is 5.69 Å². The van der Waals surface area contributed by atoms with E-state index in [0.717, 1.165) is 36.9 Å². The summed E-state index contributed by atoms with van der Waals surface area (Å²) < 4.78 is 19.7. The van der Waals surface area contributed by atoms with Crippen molar-refractivity contribution < 1.29 is 9.13 Å². The number of halogens is 2. The summed E-state index contributed by atoms with van der Waals surface area (Å²) in [6.45, 7) is 1.57. The van der Waals surface area contributed by atoms with Crippen LogP contribution in [0.2, 0.25) is 0 Å². The van der Waals surface area contributed by atoms with Gasteiger partial charge in [0.1, 0.15) is 5.82 Å². The third-order valence-electron chi connectivity index (χ3n) is 2.76. The lowest BCUT2D eigenvalue weighted by atomic mass is 10.1. The Hall–Kier alpha value is -0.610. The van der Waals surface area contributed by atoms with Gasteiger partial charge in [-0.1, -0.05) is 6.07 Å². The normalized spacial score (nSPS) is 21.5. The molecule has 1 aliphatic heterocycles. The Morgan fingerprint density at radius 1 is 1.31 bits per heavy atom. The van der Waals surface area contributed by atoms with Crippen molar-refractivity contribution in [2.24, 2.45) is 0 Å². The van der Waals surface area contributed by atoms with Crippen LogP contribution >= 0.6 is 15.9 Å². The van der Waals surface area contributed by atoms with Crippen LogP contribution in [0, 0.1) is 5.82 Å². The molecule has 4 heteroatoms. The predicted octanol–water partition coefficient (Wildman–Crippen LogP) is 3.57. The van der Waals surface area contributed by atoms with Gasteiger partial charge in [-0.25, -0.2) is 4.39 Å². The van der Waals surface area contributed by atoms with Crippen LogP contribution < -0.4 is 5.32 Å². The zero-order chi connectivity index (χ0) is 11.4. The van der Waals surface area contributed by atoms with Crippen LogP contribution in [0.25, 0.3) is 0 Å². The van der Waals surface area contributed by atoms with Crippen LogP contribution in [0.1, 0.15) is 19.3 Å². The first kappa shape index (κ1) is 11.9. The van der Waals surface area contributed by atoms with Crippen molar-refractivity contribution >= 4 is 21.6 Å². The highest BCUT2D eigenvalue weighted by Crippen LogP contribution is 2.27. The summed E-state index contributed by atoms with van der Waals surface area (Å²) in [6, 6.07) is 5.32. The van der Waals surface area contributed by atoms with Crippen molar-refractivity contribution in [2.75, 3.05) is 18.5 Å². The number of para-hydroxylation sites is 1. The number of rotatable bonds is 2. The molecule has 0 amide bonds. The summed E-state index contributed by atoms with van der Waals surface area (Å²) in [7, 11) is 0. The fourth-order valence-electron chi connectivity index (χ4n) is 1.89. The second-order valence-corrected chi connectivity index (χ2v) is 4.84. The second-order valence-electron chi connectivity index (χ2n) is 3.98. The summed E-state index contributed by atoms with van der Waals surface area (Å²) in [5.74, 6) is -0.209. The number of ether oxygens (including phenoxy) is 1. The first-order valence-corrected chi connectivity index (χ1v) is 6.35. The van der Waals surface area contributed by atoms with E-state index in [-0.39, 0.29) is 5.82 Å². The summed E-state index contributed by atoms with van der Waals surface area (Å²) in [5, 5.41) is 3.26. The van der Waals surface area contributed by atoms with E-state index in [0.29, 0.717) is 11.7 Å². The van der Waals surface area contributed by atoms with E-state index in [4.69, 9.17) is 4.74 Å². The lowest BCUT2D eigenvalue weighted by Crippen LogP contribution is -2.20. The molecule has 1 fully saturated rings. The molecular formula is C12H15BrFNO. The summed E-state index contributed by atoms with van der Waals surface area (Å²) in [5.41, 5.74) is 0.564. The van der Waals surface area contributed by atoms with E-state index in [1.807, 2.05) is 6.07 Å². The molecule has 0 spiro atoms. The van der Waals surface area contributed by atoms with Crippen molar-refractivity contribution in [1.82, 2.24) is 0 Å². The van der Waals surface area contributed by atoms with E-state index in [1.165, 1.54) is 6.07 Å². The van der Waals surface area contributed by atoms with Gasteiger partial charge in [0.15, 0.2) is 0 Å². The van der Waals surface area contributed by atoms with Crippen LogP contribution in [0.5, 0.6) is 0 Å². The Morgan fingerprint density at radius 2 is 2.19 bits per heavy atom. The van der Waals surface area contributed by atoms with Crippen molar-refractivity contribution in [3.8, 4) is 0 Å². The third-order valence-corrected chi connectivity index (χ3v) is 3.42. The molecule has 0 aromatic heterocycles. The molecule has 0 bridgehead atoms. The first-order chi connectivity index (χ1) is 7.77. The molecule has 1 N–H and O–H groups in total. The quantitative estimate of drug-likeness (QED) is 0.898. The third kappa shape index (κ3) is 2.95. The predicted molar refractivity (Wildman–Crippen MR) is 66.2 cm³/mol. The van der Waals surface area contributed by atoms with Gasteiger partial charge < -0.3 is 10.1 Å².